The third-order valence-electron chi connectivity index (χ3n) is 2.83. The zero-order chi connectivity index (χ0) is 14.4. The third kappa shape index (κ3) is 3.75. The van der Waals surface area contributed by atoms with Crippen molar-refractivity contribution < 1.29 is 14.5 Å². The number of hydrogen-bond acceptors (Lipinski definition) is 5. The molecule has 0 aliphatic carbocycles. The maximum absolute atomic E-state index is 10.9. The molecule has 0 aliphatic heterocycles. The Kier molecular flexibility index (Phi) is 5.44. The van der Waals surface area contributed by atoms with Crippen LogP contribution in [0, 0.1) is 10.1 Å². The van der Waals surface area contributed by atoms with Crippen molar-refractivity contribution in [2.24, 2.45) is 0 Å². The van der Waals surface area contributed by atoms with E-state index >= 15 is 0 Å². The maximum Gasteiger partial charge on any atom is 0.280 e. The first kappa shape index (κ1) is 15.1. The highest BCUT2D eigenvalue weighted by molar-refractivity contribution is 5.83. The van der Waals surface area contributed by atoms with Crippen LogP contribution in [0.5, 0.6) is 0 Å². The molecule has 0 heterocycles. The lowest BCUT2D eigenvalue weighted by Gasteiger charge is -2.28. The number of anilines is 1. The van der Waals surface area contributed by atoms with Crippen molar-refractivity contribution in [3.63, 3.8) is 0 Å². The monoisotopic (exact) mass is 266 g/mol. The molecule has 0 bridgehead atoms. The first-order valence-corrected chi connectivity index (χ1v) is 6.00. The molecule has 6 heteroatoms. The summed E-state index contributed by atoms with van der Waals surface area (Å²) in [5.41, 5.74) is 0.694. The number of rotatable bonds is 7. The van der Waals surface area contributed by atoms with Gasteiger partial charge < -0.3 is 9.64 Å². The van der Waals surface area contributed by atoms with Crippen LogP contribution in [0.1, 0.15) is 24.2 Å². The quantitative estimate of drug-likeness (QED) is 0.430. The lowest BCUT2D eigenvalue weighted by atomic mass is 10.1. The first-order valence-electron chi connectivity index (χ1n) is 6.00. The zero-order valence-corrected chi connectivity index (χ0v) is 11.3. The summed E-state index contributed by atoms with van der Waals surface area (Å²) in [6.45, 7) is 5.23. The molecule has 104 valence electrons. The van der Waals surface area contributed by atoms with Gasteiger partial charge in [-0.3, -0.25) is 14.9 Å². The van der Waals surface area contributed by atoms with E-state index in [1.165, 1.54) is 6.07 Å². The summed E-state index contributed by atoms with van der Waals surface area (Å²) in [6.07, 6.45) is 0.510. The number of hydrogen-bond donors (Lipinski definition) is 0. The van der Waals surface area contributed by atoms with Gasteiger partial charge in [0.2, 0.25) is 0 Å². The number of aldehydes is 1. The molecule has 1 aromatic carbocycles. The van der Waals surface area contributed by atoms with Gasteiger partial charge in [0.1, 0.15) is 0 Å². The molecule has 0 saturated carbocycles. The van der Waals surface area contributed by atoms with Crippen molar-refractivity contribution >= 4 is 17.7 Å². The molecule has 0 radical (unpaired) electrons. The summed E-state index contributed by atoms with van der Waals surface area (Å²) in [7, 11) is 1.62. The number of methoxy groups -OCH3 is 1. The van der Waals surface area contributed by atoms with Crippen LogP contribution in [0.25, 0.3) is 0 Å². The number of ether oxygens (including phenoxy) is 1. The van der Waals surface area contributed by atoms with Crippen molar-refractivity contribution in [3.8, 4) is 0 Å². The Bertz CT molecular complexity index is 460. The number of carbonyl (C=O) groups is 1. The van der Waals surface area contributed by atoms with E-state index in [1.54, 1.807) is 19.2 Å². The second kappa shape index (κ2) is 6.84. The highest BCUT2D eigenvalue weighted by atomic mass is 16.6. The van der Waals surface area contributed by atoms with E-state index in [2.05, 4.69) is 0 Å². The number of nitro benzene ring substituents is 1. The summed E-state index contributed by atoms with van der Waals surface area (Å²) in [5, 5.41) is 10.8. The van der Waals surface area contributed by atoms with Gasteiger partial charge in [-0.15, -0.1) is 0 Å². The highest BCUT2D eigenvalue weighted by Crippen LogP contribution is 2.25. The van der Waals surface area contributed by atoms with Crippen LogP contribution in [-0.4, -0.2) is 37.5 Å². The van der Waals surface area contributed by atoms with Gasteiger partial charge >= 0.3 is 0 Å². The zero-order valence-electron chi connectivity index (χ0n) is 11.3. The van der Waals surface area contributed by atoms with Crippen LogP contribution in [0.2, 0.25) is 0 Å². The lowest BCUT2D eigenvalue weighted by molar-refractivity contribution is -0.385. The average molecular weight is 266 g/mol. The Morgan fingerprint density at radius 1 is 1.47 bits per heavy atom. The standard InChI is InChI=1S/C13H18N2O4/c1-10(2)14(6-7-19-3)12-4-5-13(15(17)18)11(8-12)9-16/h4-5,8-10H,6-7H2,1-3H3. The van der Waals surface area contributed by atoms with E-state index in [-0.39, 0.29) is 17.3 Å². The topological polar surface area (TPSA) is 72.7 Å². The number of nitrogens with zero attached hydrogens (tertiary/aromatic N) is 2. The molecule has 0 amide bonds. The Hall–Kier alpha value is -1.95. The summed E-state index contributed by atoms with van der Waals surface area (Å²) < 4.78 is 5.04. The average Bonchev–Trinajstić information content (AvgIpc) is 2.38. The summed E-state index contributed by atoms with van der Waals surface area (Å²) >= 11 is 0. The maximum atomic E-state index is 10.9. The van der Waals surface area contributed by atoms with Gasteiger partial charge in [0.25, 0.3) is 5.69 Å². The highest BCUT2D eigenvalue weighted by Gasteiger charge is 2.17. The Morgan fingerprint density at radius 2 is 2.16 bits per heavy atom. The minimum absolute atomic E-state index is 0.0885. The minimum Gasteiger partial charge on any atom is -0.383 e. The SMILES string of the molecule is COCCN(c1ccc([N+](=O)[O-])c(C=O)c1)C(C)C. The van der Waals surface area contributed by atoms with Gasteiger partial charge in [-0.25, -0.2) is 0 Å². The van der Waals surface area contributed by atoms with Gasteiger partial charge in [-0.2, -0.15) is 0 Å². The van der Waals surface area contributed by atoms with Gasteiger partial charge in [-0.1, -0.05) is 0 Å². The minimum atomic E-state index is -0.553. The van der Waals surface area contributed by atoms with Crippen LogP contribution in [0.3, 0.4) is 0 Å². The van der Waals surface area contributed by atoms with Gasteiger partial charge in [-0.05, 0) is 26.0 Å². The molecular formula is C13H18N2O4. The van der Waals surface area contributed by atoms with E-state index in [4.69, 9.17) is 4.74 Å². The van der Waals surface area contributed by atoms with E-state index in [0.717, 1.165) is 5.69 Å². The van der Waals surface area contributed by atoms with E-state index in [0.29, 0.717) is 19.4 Å². The molecule has 1 aromatic rings. The van der Waals surface area contributed by atoms with Gasteiger partial charge in [0, 0.05) is 31.5 Å². The number of nitro groups is 1. The van der Waals surface area contributed by atoms with Crippen LogP contribution < -0.4 is 4.90 Å². The fraction of sp³-hybridized carbons (Fsp3) is 0.462. The van der Waals surface area contributed by atoms with Crippen molar-refractivity contribution in [1.29, 1.82) is 0 Å². The smallest absolute Gasteiger partial charge is 0.280 e. The van der Waals surface area contributed by atoms with Gasteiger partial charge in [0.05, 0.1) is 17.1 Å². The lowest BCUT2D eigenvalue weighted by Crippen LogP contribution is -2.33. The van der Waals surface area contributed by atoms with E-state index in [1.807, 2.05) is 18.7 Å². The molecule has 0 fully saturated rings. The molecule has 0 saturated heterocycles. The van der Waals surface area contributed by atoms with Gasteiger partial charge in [0.15, 0.2) is 6.29 Å². The molecule has 0 N–H and O–H groups in total. The van der Waals surface area contributed by atoms with E-state index in [9.17, 15) is 14.9 Å². The molecule has 0 aliphatic rings. The molecule has 0 unspecified atom stereocenters. The molecular weight excluding hydrogens is 248 g/mol. The van der Waals surface area contributed by atoms with Crippen molar-refractivity contribution in [1.82, 2.24) is 0 Å². The van der Waals surface area contributed by atoms with Crippen molar-refractivity contribution in [3.05, 3.63) is 33.9 Å². The van der Waals surface area contributed by atoms with Crippen LogP contribution in [0.15, 0.2) is 18.2 Å². The molecule has 0 aromatic heterocycles. The largest absolute Gasteiger partial charge is 0.383 e. The predicted octanol–water partition coefficient (Wildman–Crippen LogP) is 2.27. The number of benzene rings is 1. The Labute approximate surface area is 112 Å². The van der Waals surface area contributed by atoms with Crippen molar-refractivity contribution in [2.45, 2.75) is 19.9 Å². The van der Waals surface area contributed by atoms with E-state index < -0.39 is 4.92 Å². The van der Waals surface area contributed by atoms with Crippen molar-refractivity contribution in [2.75, 3.05) is 25.2 Å². The van der Waals surface area contributed by atoms with Crippen LogP contribution in [-0.2, 0) is 4.74 Å². The normalized spacial score (nSPS) is 10.5. The third-order valence-corrected chi connectivity index (χ3v) is 2.83. The molecule has 0 spiro atoms. The fourth-order valence-corrected chi connectivity index (χ4v) is 1.86. The van der Waals surface area contributed by atoms with Crippen LogP contribution in [0.4, 0.5) is 11.4 Å². The molecule has 1 rings (SSSR count). The Morgan fingerprint density at radius 3 is 2.63 bits per heavy atom. The Balaban J connectivity index is 3.11. The second-order valence-electron chi connectivity index (χ2n) is 4.40. The molecule has 19 heavy (non-hydrogen) atoms. The fourth-order valence-electron chi connectivity index (χ4n) is 1.86. The molecule has 6 nitrogen and oxygen atoms in total. The molecule has 0 atom stereocenters. The predicted molar refractivity (Wildman–Crippen MR) is 72.8 cm³/mol. The first-order chi connectivity index (χ1) is 9.01. The summed E-state index contributed by atoms with van der Waals surface area (Å²) in [5.74, 6) is 0. The number of carbonyl (C=O) groups excluding carboxylic acids is 1. The van der Waals surface area contributed by atoms with Crippen LogP contribution >= 0.6 is 0 Å². The second-order valence-corrected chi connectivity index (χ2v) is 4.40. The summed E-state index contributed by atoms with van der Waals surface area (Å²) in [6, 6.07) is 4.76. The summed E-state index contributed by atoms with van der Waals surface area (Å²) in [4.78, 5) is 23.2.